The van der Waals surface area contributed by atoms with Crippen LogP contribution in [0.15, 0.2) is 6.07 Å². The lowest BCUT2D eigenvalue weighted by Crippen LogP contribution is -2.10. The van der Waals surface area contributed by atoms with Gasteiger partial charge in [-0.15, -0.1) is 0 Å². The van der Waals surface area contributed by atoms with Crippen molar-refractivity contribution in [2.24, 2.45) is 5.73 Å². The third-order valence-corrected chi connectivity index (χ3v) is 2.49. The van der Waals surface area contributed by atoms with Crippen LogP contribution in [0.3, 0.4) is 0 Å². The molecule has 0 heterocycles. The van der Waals surface area contributed by atoms with Gasteiger partial charge in [0.25, 0.3) is 0 Å². The minimum Gasteiger partial charge on any atom is -0.492 e. The van der Waals surface area contributed by atoms with Crippen LogP contribution in [0.5, 0.6) is 11.5 Å². The van der Waals surface area contributed by atoms with Crippen molar-refractivity contribution in [3.8, 4) is 11.5 Å². The average Bonchev–Trinajstić information content (AvgIpc) is 2.32. The first-order chi connectivity index (χ1) is 8.06. The van der Waals surface area contributed by atoms with Crippen LogP contribution in [0, 0.1) is 5.82 Å². The Bertz CT molecular complexity index is 437. The van der Waals surface area contributed by atoms with Gasteiger partial charge in [0, 0.05) is 6.42 Å². The summed E-state index contributed by atoms with van der Waals surface area (Å²) in [6.07, 6.45) is 0.126. The third-order valence-electron chi connectivity index (χ3n) is 2.21. The number of carbonyl (C=O) groups excluding carboxylic acids is 1. The lowest BCUT2D eigenvalue weighted by atomic mass is 10.1. The summed E-state index contributed by atoms with van der Waals surface area (Å²) >= 11 is 5.68. The standard InChI is InChI=1S/C11H13ClFNO3/c1-16-10-6(8(15)3-4-14)5-7(12)9(13)11(10)17-2/h5H,3-4,14H2,1-2H3. The SMILES string of the molecule is COc1c(C(=O)CCN)cc(Cl)c(F)c1OC. The van der Waals surface area contributed by atoms with Crippen LogP contribution in [0.2, 0.25) is 5.02 Å². The van der Waals surface area contributed by atoms with E-state index in [4.69, 9.17) is 26.8 Å². The van der Waals surface area contributed by atoms with Crippen LogP contribution in [0.1, 0.15) is 16.8 Å². The Labute approximate surface area is 103 Å². The van der Waals surface area contributed by atoms with Gasteiger partial charge < -0.3 is 15.2 Å². The summed E-state index contributed by atoms with van der Waals surface area (Å²) in [5, 5.41) is -0.192. The highest BCUT2D eigenvalue weighted by Crippen LogP contribution is 2.38. The lowest BCUT2D eigenvalue weighted by molar-refractivity contribution is 0.0981. The predicted octanol–water partition coefficient (Wildman–Crippen LogP) is 2.03. The zero-order chi connectivity index (χ0) is 13.0. The molecule has 2 N–H and O–H groups in total. The van der Waals surface area contributed by atoms with Crippen LogP contribution >= 0.6 is 11.6 Å². The van der Waals surface area contributed by atoms with Crippen molar-refractivity contribution in [2.75, 3.05) is 20.8 Å². The summed E-state index contributed by atoms with van der Waals surface area (Å²) in [5.74, 6) is -1.17. The van der Waals surface area contributed by atoms with Crippen molar-refractivity contribution < 1.29 is 18.7 Å². The Morgan fingerprint density at radius 2 is 2.00 bits per heavy atom. The molecular formula is C11H13ClFNO3. The molecule has 0 radical (unpaired) electrons. The largest absolute Gasteiger partial charge is 0.492 e. The fourth-order valence-electron chi connectivity index (χ4n) is 1.44. The fraction of sp³-hybridized carbons (Fsp3) is 0.364. The van der Waals surface area contributed by atoms with Crippen molar-refractivity contribution in [3.05, 3.63) is 22.5 Å². The Morgan fingerprint density at radius 3 is 2.47 bits per heavy atom. The zero-order valence-electron chi connectivity index (χ0n) is 9.55. The number of benzene rings is 1. The maximum absolute atomic E-state index is 13.6. The lowest BCUT2D eigenvalue weighted by Gasteiger charge is -2.13. The molecule has 17 heavy (non-hydrogen) atoms. The Balaban J connectivity index is 3.39. The van der Waals surface area contributed by atoms with E-state index in [1.807, 2.05) is 0 Å². The number of carbonyl (C=O) groups is 1. The number of halogens is 2. The van der Waals surface area contributed by atoms with Crippen molar-refractivity contribution in [3.63, 3.8) is 0 Å². The molecule has 1 aromatic carbocycles. The summed E-state index contributed by atoms with van der Waals surface area (Å²) in [7, 11) is 2.60. The molecule has 0 aliphatic rings. The highest BCUT2D eigenvalue weighted by atomic mass is 35.5. The van der Waals surface area contributed by atoms with Crippen LogP contribution in [0.25, 0.3) is 0 Å². The van der Waals surface area contributed by atoms with E-state index >= 15 is 0 Å². The van der Waals surface area contributed by atoms with Gasteiger partial charge in [-0.3, -0.25) is 4.79 Å². The van der Waals surface area contributed by atoms with Crippen molar-refractivity contribution in [2.45, 2.75) is 6.42 Å². The Hall–Kier alpha value is -1.33. The summed E-state index contributed by atoms with van der Waals surface area (Å²) < 4.78 is 23.4. The molecule has 0 spiro atoms. The molecule has 0 aromatic heterocycles. The topological polar surface area (TPSA) is 61.5 Å². The molecule has 0 saturated heterocycles. The number of ether oxygens (including phenoxy) is 2. The molecule has 0 unspecified atom stereocenters. The highest BCUT2D eigenvalue weighted by molar-refractivity contribution is 6.31. The third kappa shape index (κ3) is 2.68. The van der Waals surface area contributed by atoms with Gasteiger partial charge in [0.2, 0.25) is 0 Å². The molecule has 0 atom stereocenters. The summed E-state index contributed by atoms with van der Waals surface area (Å²) in [6.45, 7) is 0.194. The van der Waals surface area contributed by atoms with Crippen LogP contribution in [-0.4, -0.2) is 26.5 Å². The second kappa shape index (κ2) is 5.84. The van der Waals surface area contributed by atoms with E-state index in [1.54, 1.807) is 0 Å². The minimum atomic E-state index is -0.754. The normalized spacial score (nSPS) is 10.2. The maximum atomic E-state index is 13.6. The zero-order valence-corrected chi connectivity index (χ0v) is 10.3. The highest BCUT2D eigenvalue weighted by Gasteiger charge is 2.22. The molecular weight excluding hydrogens is 249 g/mol. The molecule has 0 aliphatic carbocycles. The van der Waals surface area contributed by atoms with Crippen molar-refractivity contribution >= 4 is 17.4 Å². The first-order valence-electron chi connectivity index (χ1n) is 4.90. The fourth-order valence-corrected chi connectivity index (χ4v) is 1.64. The monoisotopic (exact) mass is 261 g/mol. The van der Waals surface area contributed by atoms with E-state index < -0.39 is 5.82 Å². The van der Waals surface area contributed by atoms with E-state index in [9.17, 15) is 9.18 Å². The van der Waals surface area contributed by atoms with Crippen LogP contribution in [0.4, 0.5) is 4.39 Å². The number of ketones is 1. The molecule has 0 saturated carbocycles. The van der Waals surface area contributed by atoms with E-state index in [-0.39, 0.29) is 40.8 Å². The minimum absolute atomic E-state index is 0.0350. The summed E-state index contributed by atoms with van der Waals surface area (Å²) in [5.41, 5.74) is 5.46. The van der Waals surface area contributed by atoms with Crippen molar-refractivity contribution in [1.82, 2.24) is 0 Å². The smallest absolute Gasteiger partial charge is 0.199 e. The van der Waals surface area contributed by atoms with E-state index in [2.05, 4.69) is 0 Å². The van der Waals surface area contributed by atoms with Gasteiger partial charge in [-0.25, -0.2) is 4.39 Å². The molecule has 6 heteroatoms. The van der Waals surface area contributed by atoms with Gasteiger partial charge in [-0.05, 0) is 12.6 Å². The Kier molecular flexibility index (Phi) is 4.72. The molecule has 0 aliphatic heterocycles. The molecule has 1 aromatic rings. The number of hydrogen-bond donors (Lipinski definition) is 1. The second-order valence-electron chi connectivity index (χ2n) is 3.25. The van der Waals surface area contributed by atoms with Gasteiger partial charge in [0.05, 0.1) is 24.8 Å². The van der Waals surface area contributed by atoms with E-state index in [1.165, 1.54) is 20.3 Å². The van der Waals surface area contributed by atoms with Crippen LogP contribution < -0.4 is 15.2 Å². The molecule has 0 amide bonds. The maximum Gasteiger partial charge on any atom is 0.199 e. The van der Waals surface area contributed by atoms with E-state index in [0.717, 1.165) is 0 Å². The Morgan fingerprint density at radius 1 is 1.41 bits per heavy atom. The molecule has 0 bridgehead atoms. The quantitative estimate of drug-likeness (QED) is 0.824. The van der Waals surface area contributed by atoms with Gasteiger partial charge in [0.1, 0.15) is 0 Å². The predicted molar refractivity (Wildman–Crippen MR) is 62.5 cm³/mol. The second-order valence-corrected chi connectivity index (χ2v) is 3.66. The van der Waals surface area contributed by atoms with Gasteiger partial charge in [0.15, 0.2) is 23.1 Å². The van der Waals surface area contributed by atoms with Gasteiger partial charge in [-0.2, -0.15) is 0 Å². The van der Waals surface area contributed by atoms with Crippen molar-refractivity contribution in [1.29, 1.82) is 0 Å². The molecule has 0 fully saturated rings. The van der Waals surface area contributed by atoms with Gasteiger partial charge in [-0.1, -0.05) is 11.6 Å². The van der Waals surface area contributed by atoms with E-state index in [0.29, 0.717) is 0 Å². The number of hydrogen-bond acceptors (Lipinski definition) is 4. The van der Waals surface area contributed by atoms with Gasteiger partial charge >= 0.3 is 0 Å². The number of Topliss-reactive ketones (excluding diaryl/α,β-unsaturated/α-hetero) is 1. The van der Waals surface area contributed by atoms with Crippen LogP contribution in [-0.2, 0) is 0 Å². The number of methoxy groups -OCH3 is 2. The first kappa shape index (κ1) is 13.7. The number of nitrogens with two attached hydrogens (primary N) is 1. The molecule has 1 rings (SSSR count). The molecule has 94 valence electrons. The number of rotatable bonds is 5. The average molecular weight is 262 g/mol. The first-order valence-corrected chi connectivity index (χ1v) is 5.27. The summed E-state index contributed by atoms with van der Waals surface area (Å²) in [6, 6.07) is 1.22. The summed E-state index contributed by atoms with van der Waals surface area (Å²) in [4.78, 5) is 11.8. The molecule has 4 nitrogen and oxygen atoms in total.